The fraction of sp³-hybridized carbons (Fsp3) is 0.467. The maximum Gasteiger partial charge on any atom is 0.212 e. The lowest BCUT2D eigenvalue weighted by Crippen LogP contribution is -2.43. The normalized spacial score (nSPS) is 15.2. The topological polar surface area (TPSA) is 77.3 Å². The van der Waals surface area contributed by atoms with Gasteiger partial charge in [0.25, 0.3) is 0 Å². The molecule has 2 atom stereocenters. The number of Topliss-reactive ketones (excluding diaryl/α,β-unsaturated/α-hetero) is 2. The minimum atomic E-state index is -1.36. The van der Waals surface area contributed by atoms with Crippen molar-refractivity contribution < 1.29 is 14.5 Å². The number of benzene rings is 1. The molecule has 0 spiro atoms. The molecule has 20 heavy (non-hydrogen) atoms. The third-order valence-electron chi connectivity index (χ3n) is 3.86. The number of carbonyl (C=O) groups is 2. The summed E-state index contributed by atoms with van der Waals surface area (Å²) in [7, 11) is 0. The maximum absolute atomic E-state index is 12.2. The molecule has 1 aromatic carbocycles. The van der Waals surface area contributed by atoms with Crippen LogP contribution in [-0.4, -0.2) is 23.0 Å². The zero-order valence-corrected chi connectivity index (χ0v) is 12.0. The number of rotatable bonds is 7. The molecule has 0 heterocycles. The van der Waals surface area contributed by atoms with Crippen molar-refractivity contribution in [3.63, 3.8) is 0 Å². The third-order valence-corrected chi connectivity index (χ3v) is 3.86. The average Bonchev–Trinajstić information content (AvgIpc) is 2.43. The Morgan fingerprint density at radius 1 is 1.30 bits per heavy atom. The van der Waals surface area contributed by atoms with Gasteiger partial charge in [0.15, 0.2) is 0 Å². The van der Waals surface area contributed by atoms with Crippen LogP contribution in [0.4, 0.5) is 0 Å². The van der Waals surface area contributed by atoms with Crippen LogP contribution >= 0.6 is 0 Å². The summed E-state index contributed by atoms with van der Waals surface area (Å²) in [6, 6.07) is 8.73. The average molecular weight is 277 g/mol. The zero-order chi connectivity index (χ0) is 15.3. The van der Waals surface area contributed by atoms with Crippen molar-refractivity contribution in [2.45, 2.75) is 33.1 Å². The summed E-state index contributed by atoms with van der Waals surface area (Å²) in [6.07, 6.45) is 0.178. The second-order valence-electron chi connectivity index (χ2n) is 5.01. The second kappa shape index (κ2) is 6.41. The number of nitro groups is 1. The van der Waals surface area contributed by atoms with Gasteiger partial charge in [-0.25, -0.2) is 0 Å². The largest absolute Gasteiger partial charge is 0.299 e. The van der Waals surface area contributed by atoms with Crippen LogP contribution in [0.15, 0.2) is 30.3 Å². The maximum atomic E-state index is 12.2. The van der Waals surface area contributed by atoms with Crippen molar-refractivity contribution in [3.8, 4) is 0 Å². The van der Waals surface area contributed by atoms with Gasteiger partial charge in [0.2, 0.25) is 6.54 Å². The molecule has 0 N–H and O–H groups in total. The summed E-state index contributed by atoms with van der Waals surface area (Å²) in [5.41, 5.74) is -0.716. The molecule has 0 fully saturated rings. The van der Waals surface area contributed by atoms with Gasteiger partial charge in [0, 0.05) is 11.3 Å². The third kappa shape index (κ3) is 3.10. The fourth-order valence-corrected chi connectivity index (χ4v) is 2.46. The Morgan fingerprint density at radius 2 is 1.85 bits per heavy atom. The Balaban J connectivity index is 3.37. The van der Waals surface area contributed by atoms with Crippen molar-refractivity contribution in [2.24, 2.45) is 5.41 Å². The minimum Gasteiger partial charge on any atom is -0.299 e. The Kier molecular flexibility index (Phi) is 5.13. The SMILES string of the molecule is CCC(=O)[C@](C)(C(C)=O)[C@@H](C[N+](=O)[O-])c1ccccc1. The lowest BCUT2D eigenvalue weighted by atomic mass is 9.67. The number of hydrogen-bond donors (Lipinski definition) is 0. The van der Waals surface area contributed by atoms with Crippen LogP contribution in [0.25, 0.3) is 0 Å². The molecule has 1 rings (SSSR count). The lowest BCUT2D eigenvalue weighted by molar-refractivity contribution is -0.485. The van der Waals surface area contributed by atoms with Crippen molar-refractivity contribution >= 4 is 11.6 Å². The Bertz CT molecular complexity index is 512. The van der Waals surface area contributed by atoms with E-state index in [2.05, 4.69) is 0 Å². The van der Waals surface area contributed by atoms with E-state index in [4.69, 9.17) is 0 Å². The van der Waals surface area contributed by atoms with Crippen molar-refractivity contribution in [3.05, 3.63) is 46.0 Å². The fourth-order valence-electron chi connectivity index (χ4n) is 2.46. The molecule has 0 unspecified atom stereocenters. The molecule has 1 aromatic rings. The Hall–Kier alpha value is -2.04. The van der Waals surface area contributed by atoms with E-state index in [1.807, 2.05) is 0 Å². The van der Waals surface area contributed by atoms with Gasteiger partial charge in [-0.1, -0.05) is 37.3 Å². The van der Waals surface area contributed by atoms with Crippen LogP contribution in [0.1, 0.15) is 38.7 Å². The highest BCUT2D eigenvalue weighted by Crippen LogP contribution is 2.38. The van der Waals surface area contributed by atoms with E-state index in [0.717, 1.165) is 0 Å². The van der Waals surface area contributed by atoms with E-state index in [9.17, 15) is 19.7 Å². The van der Waals surface area contributed by atoms with E-state index in [-0.39, 0.29) is 18.0 Å². The van der Waals surface area contributed by atoms with Crippen molar-refractivity contribution in [2.75, 3.05) is 6.54 Å². The lowest BCUT2D eigenvalue weighted by Gasteiger charge is -2.32. The molecular formula is C15H19NO4. The Labute approximate surface area is 118 Å². The Morgan fingerprint density at radius 3 is 2.25 bits per heavy atom. The van der Waals surface area contributed by atoms with Gasteiger partial charge in [-0.2, -0.15) is 0 Å². The van der Waals surface area contributed by atoms with Gasteiger partial charge in [-0.05, 0) is 19.4 Å². The summed E-state index contributed by atoms with van der Waals surface area (Å²) in [5, 5.41) is 10.9. The minimum absolute atomic E-state index is 0.178. The van der Waals surface area contributed by atoms with Gasteiger partial charge in [-0.3, -0.25) is 19.7 Å². The zero-order valence-electron chi connectivity index (χ0n) is 12.0. The van der Waals surface area contributed by atoms with Crippen LogP contribution in [-0.2, 0) is 9.59 Å². The summed E-state index contributed by atoms with van der Waals surface area (Å²) >= 11 is 0. The molecule has 0 aliphatic carbocycles. The quantitative estimate of drug-likeness (QED) is 0.436. The number of carbonyl (C=O) groups excluding carboxylic acids is 2. The second-order valence-corrected chi connectivity index (χ2v) is 5.01. The highest BCUT2D eigenvalue weighted by molar-refractivity contribution is 6.06. The molecule has 5 heteroatoms. The highest BCUT2D eigenvalue weighted by Gasteiger charge is 2.47. The first-order valence-corrected chi connectivity index (χ1v) is 6.55. The molecule has 108 valence electrons. The molecular weight excluding hydrogens is 258 g/mol. The number of hydrogen-bond acceptors (Lipinski definition) is 4. The first-order chi connectivity index (χ1) is 9.33. The summed E-state index contributed by atoms with van der Waals surface area (Å²) in [5.74, 6) is -1.34. The van der Waals surface area contributed by atoms with E-state index in [1.54, 1.807) is 37.3 Å². The standard InChI is InChI=1S/C15H19NO4/c1-4-14(18)15(3,11(2)17)13(10-16(19)20)12-8-6-5-7-9-12/h5-9,13H,4,10H2,1-3H3/t13-,15+/m0/s1. The summed E-state index contributed by atoms with van der Waals surface area (Å²) in [4.78, 5) is 34.7. The van der Waals surface area contributed by atoms with Gasteiger partial charge in [0.05, 0.1) is 11.3 Å². The van der Waals surface area contributed by atoms with E-state index >= 15 is 0 Å². The summed E-state index contributed by atoms with van der Waals surface area (Å²) in [6.45, 7) is 4.06. The molecule has 0 bridgehead atoms. The molecule has 0 aliphatic rings. The first-order valence-electron chi connectivity index (χ1n) is 6.55. The predicted molar refractivity (Wildman–Crippen MR) is 75.1 cm³/mol. The van der Waals surface area contributed by atoms with E-state index in [0.29, 0.717) is 5.56 Å². The molecule has 0 saturated heterocycles. The van der Waals surface area contributed by atoms with Crippen molar-refractivity contribution in [1.82, 2.24) is 0 Å². The number of ketones is 2. The van der Waals surface area contributed by atoms with Gasteiger partial charge < -0.3 is 0 Å². The number of nitrogens with zero attached hydrogens (tertiary/aromatic N) is 1. The van der Waals surface area contributed by atoms with Crippen LogP contribution in [0.5, 0.6) is 0 Å². The van der Waals surface area contributed by atoms with E-state index in [1.165, 1.54) is 13.8 Å². The molecule has 5 nitrogen and oxygen atoms in total. The van der Waals surface area contributed by atoms with E-state index < -0.39 is 22.8 Å². The molecule has 0 aromatic heterocycles. The van der Waals surface area contributed by atoms with Crippen LogP contribution in [0.2, 0.25) is 0 Å². The van der Waals surface area contributed by atoms with Gasteiger partial charge in [-0.15, -0.1) is 0 Å². The monoisotopic (exact) mass is 277 g/mol. The van der Waals surface area contributed by atoms with Gasteiger partial charge >= 0.3 is 0 Å². The summed E-state index contributed by atoms with van der Waals surface area (Å²) < 4.78 is 0. The molecule has 0 saturated carbocycles. The highest BCUT2D eigenvalue weighted by atomic mass is 16.6. The van der Waals surface area contributed by atoms with Gasteiger partial charge in [0.1, 0.15) is 11.6 Å². The van der Waals surface area contributed by atoms with Crippen molar-refractivity contribution in [1.29, 1.82) is 0 Å². The molecule has 0 amide bonds. The predicted octanol–water partition coefficient (Wildman–Crippen LogP) is 2.62. The smallest absolute Gasteiger partial charge is 0.212 e. The molecule has 0 radical (unpaired) electrons. The molecule has 0 aliphatic heterocycles. The van der Waals surface area contributed by atoms with Crippen LogP contribution in [0, 0.1) is 15.5 Å². The van der Waals surface area contributed by atoms with Crippen LogP contribution in [0.3, 0.4) is 0 Å². The van der Waals surface area contributed by atoms with Crippen LogP contribution < -0.4 is 0 Å². The first kappa shape index (κ1) is 16.0.